The van der Waals surface area contributed by atoms with Crippen molar-refractivity contribution in [1.82, 2.24) is 10.6 Å². The van der Waals surface area contributed by atoms with Crippen LogP contribution in [0.15, 0.2) is 0 Å². The Balaban J connectivity index is 4.55. The molecule has 0 aromatic rings. The maximum atomic E-state index is 12.7. The monoisotopic (exact) mass is 913 g/mol. The van der Waals surface area contributed by atoms with E-state index in [1.54, 1.807) is 0 Å². The first-order valence-electron chi connectivity index (χ1n) is 25.2. The number of nitrogens with one attached hydrogen (secondary N) is 2. The fourth-order valence-corrected chi connectivity index (χ4v) is 7.83. The Bertz CT molecular complexity index is 928. The molecule has 6 N–H and O–H groups in total. The number of carbonyl (C=O) groups is 1. The second-order valence-electron chi connectivity index (χ2n) is 16.8. The Kier molecular flexibility index (Phi) is 46.5. The summed E-state index contributed by atoms with van der Waals surface area (Å²) in [5.74, 6) is -0.350. The highest BCUT2D eigenvalue weighted by molar-refractivity contribution is 7.52. The number of hydrogen-bond acceptors (Lipinski definition) is 13. The van der Waals surface area contributed by atoms with Crippen molar-refractivity contribution in [3.8, 4) is 0 Å². The fourth-order valence-electron chi connectivity index (χ4n) is 7.08. The minimum Gasteiger partial charge on any atom is -0.606 e. The maximum absolute atomic E-state index is 12.7. The van der Waals surface area contributed by atoms with Crippen molar-refractivity contribution < 1.29 is 57.9 Å². The van der Waals surface area contributed by atoms with Crippen molar-refractivity contribution in [1.29, 1.82) is 0 Å². The molecule has 372 valence electrons. The van der Waals surface area contributed by atoms with Crippen LogP contribution in [-0.2, 0) is 32.8 Å². The highest BCUT2D eigenvalue weighted by Crippen LogP contribution is 2.47. The highest BCUT2D eigenvalue weighted by atomic mass is 31.2. The molecule has 0 aliphatic heterocycles. The van der Waals surface area contributed by atoms with Crippen LogP contribution < -0.4 is 15.5 Å². The van der Waals surface area contributed by atoms with Crippen LogP contribution in [0.4, 0.5) is 0 Å². The summed E-state index contributed by atoms with van der Waals surface area (Å²) in [6, 6.07) is 0. The third kappa shape index (κ3) is 46.0. The Labute approximate surface area is 379 Å². The van der Waals surface area contributed by atoms with E-state index < -0.39 is 39.7 Å². The van der Waals surface area contributed by atoms with Crippen LogP contribution in [0.5, 0.6) is 0 Å². The Morgan fingerprint density at radius 2 is 1.02 bits per heavy atom. The Morgan fingerprint density at radius 1 is 0.548 bits per heavy atom. The van der Waals surface area contributed by atoms with Gasteiger partial charge in [0.15, 0.2) is 12.6 Å². The molecule has 0 aliphatic carbocycles. The summed E-state index contributed by atoms with van der Waals surface area (Å²) in [6.45, 7) is 7.95. The molecular formula is C47H97N2O12P. The maximum Gasteiger partial charge on any atom is 0.376 e. The van der Waals surface area contributed by atoms with E-state index in [4.69, 9.17) is 28.0 Å². The van der Waals surface area contributed by atoms with Gasteiger partial charge in [-0.25, -0.2) is 0 Å². The van der Waals surface area contributed by atoms with Gasteiger partial charge in [0.2, 0.25) is 5.91 Å². The Hall–Kier alpha value is -0.580. The lowest BCUT2D eigenvalue weighted by atomic mass is 10.0. The quantitative estimate of drug-likeness (QED) is 0.0192. The van der Waals surface area contributed by atoms with Gasteiger partial charge in [-0.2, -0.15) is 13.9 Å². The summed E-state index contributed by atoms with van der Waals surface area (Å²) >= 11 is 0. The molecule has 0 aliphatic rings. The molecule has 0 aromatic carbocycles. The number of phosphoric ester groups is 1. The number of ether oxygens (including phenoxy) is 4. The minimum atomic E-state index is -4.55. The van der Waals surface area contributed by atoms with Crippen LogP contribution in [0.1, 0.15) is 213 Å². The van der Waals surface area contributed by atoms with Crippen molar-refractivity contribution in [3.63, 3.8) is 0 Å². The van der Waals surface area contributed by atoms with Gasteiger partial charge in [0.05, 0.1) is 26.4 Å². The molecule has 0 bridgehead atoms. The molecule has 0 saturated carbocycles. The van der Waals surface area contributed by atoms with E-state index in [0.29, 0.717) is 45.8 Å². The lowest BCUT2D eigenvalue weighted by Crippen LogP contribution is -2.35. The van der Waals surface area contributed by atoms with Crippen LogP contribution in [-0.4, -0.2) is 110 Å². The van der Waals surface area contributed by atoms with Gasteiger partial charge in [0.25, 0.3) is 0 Å². The van der Waals surface area contributed by atoms with E-state index >= 15 is 0 Å². The van der Waals surface area contributed by atoms with Crippen LogP contribution >= 0.6 is 8.17 Å². The van der Waals surface area contributed by atoms with Crippen molar-refractivity contribution >= 4 is 14.1 Å². The van der Waals surface area contributed by atoms with Gasteiger partial charge in [0, 0.05) is 26.1 Å². The largest absolute Gasteiger partial charge is 0.606 e. The summed E-state index contributed by atoms with van der Waals surface area (Å²) in [5, 5.41) is 36.8. The molecule has 5 atom stereocenters. The first kappa shape index (κ1) is 61.4. The van der Waals surface area contributed by atoms with Gasteiger partial charge in [0.1, 0.15) is 25.5 Å². The van der Waals surface area contributed by atoms with Crippen LogP contribution in [0.3, 0.4) is 0 Å². The minimum absolute atomic E-state index is 0.0402. The summed E-state index contributed by atoms with van der Waals surface area (Å²) in [5.41, 5.74) is 0. The van der Waals surface area contributed by atoms with E-state index in [-0.39, 0.29) is 38.5 Å². The van der Waals surface area contributed by atoms with Crippen LogP contribution in [0.2, 0.25) is 0 Å². The van der Waals surface area contributed by atoms with E-state index in [2.05, 4.69) is 24.5 Å². The van der Waals surface area contributed by atoms with Crippen molar-refractivity contribution in [3.05, 3.63) is 0 Å². The number of aliphatic hydroxyl groups excluding tert-OH is 3. The SMILES string of the molecule is CCCCCCCCCCCCCCCC(O)OCC(CO[P+]([O-])(O)OCCNC(=O)CCC(O)NCCOCCOCC)OC(O)CCCCCCCCCCCCCCC. The Morgan fingerprint density at radius 3 is 1.52 bits per heavy atom. The third-order valence-corrected chi connectivity index (χ3v) is 11.9. The van der Waals surface area contributed by atoms with Crippen molar-refractivity contribution in [2.75, 3.05) is 59.3 Å². The van der Waals surface area contributed by atoms with Gasteiger partial charge in [-0.1, -0.05) is 168 Å². The number of phosphoric acid groups is 1. The predicted molar refractivity (Wildman–Crippen MR) is 248 cm³/mol. The summed E-state index contributed by atoms with van der Waals surface area (Å²) in [6.07, 6.45) is 29.0. The second-order valence-corrected chi connectivity index (χ2v) is 18.3. The van der Waals surface area contributed by atoms with Crippen LogP contribution in [0.25, 0.3) is 0 Å². The zero-order valence-electron chi connectivity index (χ0n) is 39.9. The average molecular weight is 913 g/mol. The van der Waals surface area contributed by atoms with Crippen LogP contribution in [0, 0.1) is 0 Å². The van der Waals surface area contributed by atoms with Gasteiger partial charge in [-0.05, 0) is 39.0 Å². The standard InChI is InChI=1S/C47H97N2O12P/c1-4-7-9-11-13-15-17-19-21-23-25-27-29-31-46(52)58-41-43(61-47(53)32-30-28-26-24-22-20-18-16-14-12-10-8-5-2)42-60-62(54,55)59-38-36-49-45(51)34-33-44(50)48-35-37-57-40-39-56-6-3/h43-44,46-48,50,52-53H,4-42H2,1-3H3,(H,49,51)(H,54,55). The molecular weight excluding hydrogens is 815 g/mol. The van der Waals surface area contributed by atoms with E-state index in [1.165, 1.54) is 128 Å². The van der Waals surface area contributed by atoms with E-state index in [9.17, 15) is 29.9 Å². The second kappa shape index (κ2) is 46.9. The fraction of sp³-hybridized carbons (Fsp3) is 0.979. The molecule has 15 heteroatoms. The summed E-state index contributed by atoms with van der Waals surface area (Å²) in [4.78, 5) is 35.2. The molecule has 0 spiro atoms. The molecule has 0 rings (SSSR count). The summed E-state index contributed by atoms with van der Waals surface area (Å²) < 4.78 is 32.3. The first-order valence-corrected chi connectivity index (χ1v) is 26.7. The number of hydrogen-bond donors (Lipinski definition) is 6. The van der Waals surface area contributed by atoms with E-state index in [0.717, 1.165) is 38.5 Å². The van der Waals surface area contributed by atoms with Gasteiger partial charge < -0.3 is 44.5 Å². The number of carbonyl (C=O) groups excluding carboxylic acids is 1. The molecule has 0 radical (unpaired) electrons. The lowest BCUT2D eigenvalue weighted by molar-refractivity contribution is -0.250. The molecule has 1 amide bonds. The smallest absolute Gasteiger partial charge is 0.376 e. The van der Waals surface area contributed by atoms with Gasteiger partial charge >= 0.3 is 8.17 Å². The van der Waals surface area contributed by atoms with E-state index in [1.807, 2.05) is 6.92 Å². The number of unbranched alkanes of at least 4 members (excludes halogenated alkanes) is 24. The molecule has 62 heavy (non-hydrogen) atoms. The molecule has 0 heterocycles. The van der Waals surface area contributed by atoms with Gasteiger partial charge in [-0.3, -0.25) is 10.1 Å². The normalized spacial score (nSPS) is 14.8. The third-order valence-electron chi connectivity index (χ3n) is 10.9. The first-order chi connectivity index (χ1) is 30.1. The number of amides is 1. The lowest BCUT2D eigenvalue weighted by Gasteiger charge is -2.25. The molecule has 0 aromatic heterocycles. The molecule has 0 saturated heterocycles. The number of rotatable bonds is 51. The highest BCUT2D eigenvalue weighted by Gasteiger charge is 2.30. The topological polar surface area (TPSA) is 200 Å². The number of aliphatic hydroxyl groups is 3. The average Bonchev–Trinajstić information content (AvgIpc) is 3.25. The van der Waals surface area contributed by atoms with Gasteiger partial charge in [-0.15, -0.1) is 0 Å². The zero-order chi connectivity index (χ0) is 45.6. The van der Waals surface area contributed by atoms with Crippen molar-refractivity contribution in [2.45, 2.75) is 238 Å². The zero-order valence-corrected chi connectivity index (χ0v) is 40.8. The predicted octanol–water partition coefficient (Wildman–Crippen LogP) is 8.91. The molecule has 5 unspecified atom stereocenters. The van der Waals surface area contributed by atoms with Crippen molar-refractivity contribution in [2.24, 2.45) is 0 Å². The summed E-state index contributed by atoms with van der Waals surface area (Å²) in [7, 11) is -4.55. The molecule has 0 fully saturated rings. The molecule has 14 nitrogen and oxygen atoms in total.